The SMILES string of the molecule is CC(C)(C)OC(=O)N[C@H](CO)C(=O)NCc1ccc(OCc2ccccc2F)cc1. The number of alkyl carbamates (subject to hydrolysis) is 1. The second kappa shape index (κ2) is 10.6. The predicted molar refractivity (Wildman–Crippen MR) is 109 cm³/mol. The summed E-state index contributed by atoms with van der Waals surface area (Å²) in [4.78, 5) is 24.0. The normalized spacial score (nSPS) is 12.0. The van der Waals surface area contributed by atoms with Crippen molar-refractivity contribution in [1.29, 1.82) is 0 Å². The molecule has 0 aromatic heterocycles. The van der Waals surface area contributed by atoms with Crippen LogP contribution in [0.15, 0.2) is 48.5 Å². The van der Waals surface area contributed by atoms with Crippen molar-refractivity contribution < 1.29 is 28.6 Å². The third kappa shape index (κ3) is 7.71. The van der Waals surface area contributed by atoms with Crippen LogP contribution in [-0.2, 0) is 22.7 Å². The van der Waals surface area contributed by atoms with E-state index in [-0.39, 0.29) is 19.0 Å². The van der Waals surface area contributed by atoms with Crippen LogP contribution < -0.4 is 15.4 Å². The number of hydrogen-bond donors (Lipinski definition) is 3. The second-order valence-corrected chi connectivity index (χ2v) is 7.62. The van der Waals surface area contributed by atoms with Crippen LogP contribution in [0.5, 0.6) is 5.75 Å². The average molecular weight is 418 g/mol. The summed E-state index contributed by atoms with van der Waals surface area (Å²) < 4.78 is 24.3. The summed E-state index contributed by atoms with van der Waals surface area (Å²) in [7, 11) is 0. The summed E-state index contributed by atoms with van der Waals surface area (Å²) in [6.45, 7) is 4.84. The first-order valence-electron chi connectivity index (χ1n) is 9.51. The van der Waals surface area contributed by atoms with Crippen molar-refractivity contribution >= 4 is 12.0 Å². The van der Waals surface area contributed by atoms with Crippen LogP contribution in [0.4, 0.5) is 9.18 Å². The molecule has 0 saturated heterocycles. The number of ether oxygens (including phenoxy) is 2. The molecule has 0 spiro atoms. The molecule has 2 aromatic rings. The van der Waals surface area contributed by atoms with Crippen molar-refractivity contribution in [3.8, 4) is 5.75 Å². The van der Waals surface area contributed by atoms with Crippen LogP contribution in [0.25, 0.3) is 0 Å². The molecule has 162 valence electrons. The standard InChI is InChI=1S/C22H27FN2O5/c1-22(2,3)30-21(28)25-19(13-26)20(27)24-12-15-8-10-17(11-9-15)29-14-16-6-4-5-7-18(16)23/h4-11,19,26H,12-14H2,1-3H3,(H,24,27)(H,25,28)/t19-/m1/s1. The van der Waals surface area contributed by atoms with Gasteiger partial charge in [-0.15, -0.1) is 0 Å². The highest BCUT2D eigenvalue weighted by Crippen LogP contribution is 2.15. The molecule has 0 aliphatic rings. The van der Waals surface area contributed by atoms with E-state index >= 15 is 0 Å². The van der Waals surface area contributed by atoms with Crippen molar-refractivity contribution in [2.45, 2.75) is 45.6 Å². The zero-order valence-electron chi connectivity index (χ0n) is 17.3. The molecule has 2 aromatic carbocycles. The number of carbonyl (C=O) groups is 2. The number of aliphatic hydroxyl groups is 1. The summed E-state index contributed by atoms with van der Waals surface area (Å²) in [5.74, 6) is -0.299. The van der Waals surface area contributed by atoms with E-state index in [4.69, 9.17) is 9.47 Å². The summed E-state index contributed by atoms with van der Waals surface area (Å²) in [5, 5.41) is 14.4. The Morgan fingerprint density at radius 2 is 1.77 bits per heavy atom. The number of nitrogens with one attached hydrogen (secondary N) is 2. The van der Waals surface area contributed by atoms with Gasteiger partial charge in [-0.2, -0.15) is 0 Å². The van der Waals surface area contributed by atoms with Crippen LogP contribution in [0.2, 0.25) is 0 Å². The molecule has 0 saturated carbocycles. The zero-order chi connectivity index (χ0) is 22.1. The number of carbonyl (C=O) groups excluding carboxylic acids is 2. The summed E-state index contributed by atoms with van der Waals surface area (Å²) in [6, 6.07) is 12.2. The summed E-state index contributed by atoms with van der Waals surface area (Å²) in [6.07, 6.45) is -0.784. The quantitative estimate of drug-likeness (QED) is 0.613. The monoisotopic (exact) mass is 418 g/mol. The molecule has 0 unspecified atom stereocenters. The highest BCUT2D eigenvalue weighted by Gasteiger charge is 2.23. The van der Waals surface area contributed by atoms with Gasteiger partial charge >= 0.3 is 6.09 Å². The Labute approximate surface area is 175 Å². The Kier molecular flexibility index (Phi) is 8.17. The van der Waals surface area contributed by atoms with Gasteiger partial charge in [-0.3, -0.25) is 4.79 Å². The molecule has 2 rings (SSSR count). The van der Waals surface area contributed by atoms with Gasteiger partial charge in [0, 0.05) is 12.1 Å². The molecule has 2 amide bonds. The topological polar surface area (TPSA) is 96.9 Å². The van der Waals surface area contributed by atoms with E-state index in [2.05, 4.69) is 10.6 Å². The van der Waals surface area contributed by atoms with Gasteiger partial charge in [0.25, 0.3) is 0 Å². The van der Waals surface area contributed by atoms with Crippen LogP contribution >= 0.6 is 0 Å². The molecular weight excluding hydrogens is 391 g/mol. The van der Waals surface area contributed by atoms with E-state index in [0.29, 0.717) is 11.3 Å². The minimum atomic E-state index is -1.12. The molecule has 8 heteroatoms. The first kappa shape index (κ1) is 23.2. The number of hydrogen-bond acceptors (Lipinski definition) is 5. The molecule has 1 atom stereocenters. The molecule has 0 fully saturated rings. The number of halogens is 1. The molecule has 7 nitrogen and oxygen atoms in total. The molecule has 0 radical (unpaired) electrons. The molecule has 3 N–H and O–H groups in total. The molecule has 0 aliphatic carbocycles. The van der Waals surface area contributed by atoms with E-state index in [1.807, 2.05) is 0 Å². The molecule has 0 bridgehead atoms. The maximum absolute atomic E-state index is 13.6. The Hall–Kier alpha value is -3.13. The third-order valence-corrected chi connectivity index (χ3v) is 3.93. The van der Waals surface area contributed by atoms with E-state index in [1.54, 1.807) is 63.2 Å². The van der Waals surface area contributed by atoms with E-state index in [9.17, 15) is 19.1 Å². The number of benzene rings is 2. The maximum atomic E-state index is 13.6. The van der Waals surface area contributed by atoms with Crippen molar-refractivity contribution in [2.24, 2.45) is 0 Å². The fourth-order valence-electron chi connectivity index (χ4n) is 2.44. The second-order valence-electron chi connectivity index (χ2n) is 7.62. The smallest absolute Gasteiger partial charge is 0.408 e. The first-order chi connectivity index (χ1) is 14.2. The first-order valence-corrected chi connectivity index (χ1v) is 9.51. The lowest BCUT2D eigenvalue weighted by molar-refractivity contribution is -0.124. The van der Waals surface area contributed by atoms with Crippen LogP contribution in [0, 0.1) is 5.82 Å². The Balaban J connectivity index is 1.82. The Morgan fingerprint density at radius 3 is 2.37 bits per heavy atom. The lowest BCUT2D eigenvalue weighted by atomic mass is 10.2. The van der Waals surface area contributed by atoms with Gasteiger partial charge < -0.3 is 25.2 Å². The zero-order valence-corrected chi connectivity index (χ0v) is 17.3. The largest absolute Gasteiger partial charge is 0.489 e. The van der Waals surface area contributed by atoms with Gasteiger partial charge in [0.1, 0.15) is 29.8 Å². The predicted octanol–water partition coefficient (Wildman–Crippen LogP) is 2.91. The summed E-state index contributed by atoms with van der Waals surface area (Å²) in [5.41, 5.74) is 0.536. The van der Waals surface area contributed by atoms with Gasteiger partial charge in [0.05, 0.1) is 6.61 Å². The van der Waals surface area contributed by atoms with Gasteiger partial charge in [-0.25, -0.2) is 9.18 Å². The van der Waals surface area contributed by atoms with Gasteiger partial charge in [0.2, 0.25) is 5.91 Å². The van der Waals surface area contributed by atoms with Crippen molar-refractivity contribution in [3.05, 3.63) is 65.5 Å². The number of amides is 2. The molecular formula is C22H27FN2O5. The molecule has 0 heterocycles. The van der Waals surface area contributed by atoms with Gasteiger partial charge in [0.15, 0.2) is 0 Å². The number of aliphatic hydroxyl groups excluding tert-OH is 1. The van der Waals surface area contributed by atoms with Crippen LogP contribution in [-0.4, -0.2) is 35.4 Å². The lowest BCUT2D eigenvalue weighted by Crippen LogP contribution is -2.49. The maximum Gasteiger partial charge on any atom is 0.408 e. The average Bonchev–Trinajstić information content (AvgIpc) is 2.69. The van der Waals surface area contributed by atoms with E-state index in [1.165, 1.54) is 6.07 Å². The molecule has 30 heavy (non-hydrogen) atoms. The third-order valence-electron chi connectivity index (χ3n) is 3.93. The minimum Gasteiger partial charge on any atom is -0.489 e. The summed E-state index contributed by atoms with van der Waals surface area (Å²) >= 11 is 0. The minimum absolute atomic E-state index is 0.108. The highest BCUT2D eigenvalue weighted by atomic mass is 19.1. The number of rotatable bonds is 8. The molecule has 0 aliphatic heterocycles. The Morgan fingerprint density at radius 1 is 1.10 bits per heavy atom. The van der Waals surface area contributed by atoms with Crippen molar-refractivity contribution in [1.82, 2.24) is 10.6 Å². The van der Waals surface area contributed by atoms with E-state index < -0.39 is 30.3 Å². The van der Waals surface area contributed by atoms with E-state index in [0.717, 1.165) is 5.56 Å². The Bertz CT molecular complexity index is 849. The fraction of sp³-hybridized carbons (Fsp3) is 0.364. The van der Waals surface area contributed by atoms with Gasteiger partial charge in [-0.1, -0.05) is 30.3 Å². The lowest BCUT2D eigenvalue weighted by Gasteiger charge is -2.22. The van der Waals surface area contributed by atoms with Crippen molar-refractivity contribution in [2.75, 3.05) is 6.61 Å². The van der Waals surface area contributed by atoms with Gasteiger partial charge in [-0.05, 0) is 44.5 Å². The van der Waals surface area contributed by atoms with Crippen LogP contribution in [0.1, 0.15) is 31.9 Å². The van der Waals surface area contributed by atoms with Crippen LogP contribution in [0.3, 0.4) is 0 Å². The fourth-order valence-corrected chi connectivity index (χ4v) is 2.44. The van der Waals surface area contributed by atoms with Crippen molar-refractivity contribution in [3.63, 3.8) is 0 Å². The highest BCUT2D eigenvalue weighted by molar-refractivity contribution is 5.85.